The zero-order valence-electron chi connectivity index (χ0n) is 10.3. The van der Waals surface area contributed by atoms with Crippen LogP contribution in [0.3, 0.4) is 0 Å². The average Bonchev–Trinajstić information content (AvgIpc) is 2.36. The summed E-state index contributed by atoms with van der Waals surface area (Å²) in [4.78, 5) is 15.2. The molecular formula is C12H18N4O2. The molecule has 2 rings (SSSR count). The first kappa shape index (κ1) is 12.8. The summed E-state index contributed by atoms with van der Waals surface area (Å²) in [6.45, 7) is 2.61. The van der Waals surface area contributed by atoms with Crippen LogP contribution in [0.5, 0.6) is 0 Å². The lowest BCUT2D eigenvalue weighted by Crippen LogP contribution is -2.60. The highest BCUT2D eigenvalue weighted by Gasteiger charge is 2.39. The molecule has 98 valence electrons. The van der Waals surface area contributed by atoms with Crippen LogP contribution in [-0.2, 0) is 4.74 Å². The Kier molecular flexibility index (Phi) is 3.78. The number of hydrogen-bond donors (Lipinski definition) is 3. The van der Waals surface area contributed by atoms with Crippen molar-refractivity contribution in [3.05, 3.63) is 23.9 Å². The minimum atomic E-state index is -0.544. The number of nitrogens with two attached hydrogens (primary N) is 2. The Morgan fingerprint density at radius 2 is 2.39 bits per heavy atom. The fourth-order valence-corrected chi connectivity index (χ4v) is 2.05. The van der Waals surface area contributed by atoms with Crippen LogP contribution in [0.4, 0.5) is 5.82 Å². The summed E-state index contributed by atoms with van der Waals surface area (Å²) in [7, 11) is 0. The van der Waals surface area contributed by atoms with Crippen molar-refractivity contribution in [1.82, 2.24) is 4.98 Å². The first-order valence-electron chi connectivity index (χ1n) is 6.02. The lowest BCUT2D eigenvalue weighted by atomic mass is 9.83. The van der Waals surface area contributed by atoms with Crippen molar-refractivity contribution in [3.8, 4) is 0 Å². The molecule has 0 saturated heterocycles. The summed E-state index contributed by atoms with van der Waals surface area (Å²) in [5, 5.41) is 3.19. The Balaban J connectivity index is 2.04. The molecule has 3 unspecified atom stereocenters. The van der Waals surface area contributed by atoms with E-state index < -0.39 is 5.91 Å². The maximum Gasteiger partial charge on any atom is 0.267 e. The number of anilines is 1. The van der Waals surface area contributed by atoms with E-state index in [0.29, 0.717) is 12.4 Å². The summed E-state index contributed by atoms with van der Waals surface area (Å²) >= 11 is 0. The Morgan fingerprint density at radius 1 is 1.61 bits per heavy atom. The number of pyridine rings is 1. The number of nitrogens with zero attached hydrogens (tertiary/aromatic N) is 1. The van der Waals surface area contributed by atoms with Gasteiger partial charge in [0.05, 0.1) is 12.1 Å². The fourth-order valence-electron chi connectivity index (χ4n) is 2.05. The molecule has 0 aromatic carbocycles. The number of primary amides is 1. The van der Waals surface area contributed by atoms with Crippen LogP contribution in [0.15, 0.2) is 18.2 Å². The van der Waals surface area contributed by atoms with Gasteiger partial charge < -0.3 is 21.5 Å². The van der Waals surface area contributed by atoms with Crippen LogP contribution < -0.4 is 16.8 Å². The van der Waals surface area contributed by atoms with E-state index in [9.17, 15) is 4.79 Å². The fraction of sp³-hybridized carbons (Fsp3) is 0.500. The minimum absolute atomic E-state index is 0.0283. The van der Waals surface area contributed by atoms with Gasteiger partial charge in [-0.1, -0.05) is 6.07 Å². The molecule has 0 spiro atoms. The number of hydrogen-bond acceptors (Lipinski definition) is 5. The first-order chi connectivity index (χ1) is 8.61. The highest BCUT2D eigenvalue weighted by molar-refractivity contribution is 5.91. The van der Waals surface area contributed by atoms with Crippen LogP contribution in [0, 0.1) is 0 Å². The summed E-state index contributed by atoms with van der Waals surface area (Å²) in [6.07, 6.45) is 0.935. The highest BCUT2D eigenvalue weighted by Crippen LogP contribution is 2.25. The van der Waals surface area contributed by atoms with Crippen LogP contribution in [-0.4, -0.2) is 35.7 Å². The molecule has 1 amide bonds. The van der Waals surface area contributed by atoms with E-state index in [-0.39, 0.29) is 23.9 Å². The maximum atomic E-state index is 11.0. The second kappa shape index (κ2) is 5.32. The predicted molar refractivity (Wildman–Crippen MR) is 68.2 cm³/mol. The van der Waals surface area contributed by atoms with Crippen molar-refractivity contribution in [1.29, 1.82) is 0 Å². The van der Waals surface area contributed by atoms with Gasteiger partial charge in [0.15, 0.2) is 0 Å². The van der Waals surface area contributed by atoms with Crippen molar-refractivity contribution in [2.24, 2.45) is 11.5 Å². The van der Waals surface area contributed by atoms with E-state index in [1.54, 1.807) is 18.2 Å². The minimum Gasteiger partial charge on any atom is -0.376 e. The molecule has 6 nitrogen and oxygen atoms in total. The van der Waals surface area contributed by atoms with E-state index in [0.717, 1.165) is 6.42 Å². The quantitative estimate of drug-likeness (QED) is 0.687. The van der Waals surface area contributed by atoms with E-state index in [2.05, 4.69) is 10.3 Å². The van der Waals surface area contributed by atoms with Gasteiger partial charge in [-0.05, 0) is 25.5 Å². The molecule has 18 heavy (non-hydrogen) atoms. The molecule has 1 aliphatic carbocycles. The Bertz CT molecular complexity index is 436. The smallest absolute Gasteiger partial charge is 0.267 e. The summed E-state index contributed by atoms with van der Waals surface area (Å²) in [5.41, 5.74) is 11.3. The van der Waals surface area contributed by atoms with Gasteiger partial charge in [0.1, 0.15) is 11.5 Å². The van der Waals surface area contributed by atoms with Crippen molar-refractivity contribution >= 4 is 11.7 Å². The van der Waals surface area contributed by atoms with Crippen LogP contribution in [0.25, 0.3) is 0 Å². The number of amides is 1. The molecule has 0 bridgehead atoms. The maximum absolute atomic E-state index is 11.0. The number of nitrogens with one attached hydrogen (secondary N) is 1. The monoisotopic (exact) mass is 250 g/mol. The molecule has 0 radical (unpaired) electrons. The average molecular weight is 250 g/mol. The number of carbonyl (C=O) groups excluding carboxylic acids is 1. The molecule has 1 saturated carbocycles. The van der Waals surface area contributed by atoms with Crippen molar-refractivity contribution in [3.63, 3.8) is 0 Å². The summed E-state index contributed by atoms with van der Waals surface area (Å²) in [5.74, 6) is 0.0501. The van der Waals surface area contributed by atoms with Gasteiger partial charge in [0, 0.05) is 12.6 Å². The Labute approximate surface area is 106 Å². The van der Waals surface area contributed by atoms with Crippen molar-refractivity contribution in [2.45, 2.75) is 31.5 Å². The molecule has 6 heteroatoms. The molecule has 1 heterocycles. The molecular weight excluding hydrogens is 232 g/mol. The Hall–Kier alpha value is -1.66. The third-order valence-corrected chi connectivity index (χ3v) is 3.06. The summed E-state index contributed by atoms with van der Waals surface area (Å²) in [6, 6.07) is 5.16. The van der Waals surface area contributed by atoms with Gasteiger partial charge >= 0.3 is 0 Å². The lowest BCUT2D eigenvalue weighted by molar-refractivity contribution is -0.0127. The van der Waals surface area contributed by atoms with Crippen molar-refractivity contribution in [2.75, 3.05) is 11.9 Å². The Morgan fingerprint density at radius 3 is 3.00 bits per heavy atom. The molecule has 0 aliphatic heterocycles. The number of carbonyl (C=O) groups is 1. The van der Waals surface area contributed by atoms with Crippen molar-refractivity contribution < 1.29 is 9.53 Å². The van der Waals surface area contributed by atoms with Gasteiger partial charge in [-0.2, -0.15) is 0 Å². The standard InChI is InChI=1S/C12H18N4O2/c1-2-18-9-6-7(13)11(9)16-10-5-3-4-8(15-10)12(14)17/h3-5,7,9,11H,2,6,13H2,1H3,(H2,14,17)(H,15,16). The molecule has 1 aromatic rings. The lowest BCUT2D eigenvalue weighted by Gasteiger charge is -2.42. The van der Waals surface area contributed by atoms with Gasteiger partial charge in [-0.15, -0.1) is 0 Å². The second-order valence-corrected chi connectivity index (χ2v) is 4.34. The molecule has 3 atom stereocenters. The largest absolute Gasteiger partial charge is 0.376 e. The van der Waals surface area contributed by atoms with Gasteiger partial charge in [-0.25, -0.2) is 4.98 Å². The van der Waals surface area contributed by atoms with Gasteiger partial charge in [-0.3, -0.25) is 4.79 Å². The normalized spacial score (nSPS) is 26.4. The molecule has 5 N–H and O–H groups in total. The van der Waals surface area contributed by atoms with E-state index >= 15 is 0 Å². The van der Waals surface area contributed by atoms with Crippen LogP contribution in [0.1, 0.15) is 23.8 Å². The van der Waals surface area contributed by atoms with E-state index in [4.69, 9.17) is 16.2 Å². The number of aromatic nitrogens is 1. The highest BCUT2D eigenvalue weighted by atomic mass is 16.5. The second-order valence-electron chi connectivity index (χ2n) is 4.34. The SMILES string of the molecule is CCOC1CC(N)C1Nc1cccc(C(N)=O)n1. The molecule has 1 aromatic heterocycles. The third-order valence-electron chi connectivity index (χ3n) is 3.06. The zero-order valence-corrected chi connectivity index (χ0v) is 10.3. The van der Waals surface area contributed by atoms with Crippen LogP contribution in [0.2, 0.25) is 0 Å². The zero-order chi connectivity index (χ0) is 13.1. The number of rotatable bonds is 5. The summed E-state index contributed by atoms with van der Waals surface area (Å²) < 4.78 is 5.55. The van der Waals surface area contributed by atoms with Crippen LogP contribution >= 0.6 is 0 Å². The van der Waals surface area contributed by atoms with E-state index in [1.807, 2.05) is 6.92 Å². The number of ether oxygens (including phenoxy) is 1. The van der Waals surface area contributed by atoms with E-state index in [1.165, 1.54) is 0 Å². The first-order valence-corrected chi connectivity index (χ1v) is 6.02. The van der Waals surface area contributed by atoms with Gasteiger partial charge in [0.25, 0.3) is 5.91 Å². The predicted octanol–water partition coefficient (Wildman–Crippen LogP) is 0.0971. The topological polar surface area (TPSA) is 103 Å². The van der Waals surface area contributed by atoms with Gasteiger partial charge in [0.2, 0.25) is 0 Å². The molecule has 1 fully saturated rings. The molecule has 1 aliphatic rings. The third kappa shape index (κ3) is 2.60.